The molecule has 1 aromatic rings. The van der Waals surface area contributed by atoms with Gasteiger partial charge in [0.15, 0.2) is 0 Å². The molecule has 0 aliphatic carbocycles. The number of amides is 1. The van der Waals surface area contributed by atoms with Crippen LogP contribution in [-0.4, -0.2) is 17.0 Å². The van der Waals surface area contributed by atoms with Gasteiger partial charge < -0.3 is 10.4 Å². The van der Waals surface area contributed by atoms with Gasteiger partial charge in [0.2, 0.25) is 5.91 Å². The Morgan fingerprint density at radius 1 is 1.38 bits per heavy atom. The molecule has 0 aliphatic heterocycles. The average molecular weight is 241 g/mol. The molecule has 1 amide bonds. The van der Waals surface area contributed by atoms with Crippen molar-refractivity contribution in [3.05, 3.63) is 16.3 Å². The molecule has 0 fully saturated rings. The Morgan fingerprint density at radius 3 is 2.50 bits per heavy atom. The fourth-order valence-corrected chi connectivity index (χ4v) is 1.81. The van der Waals surface area contributed by atoms with E-state index in [1.165, 1.54) is 0 Å². The van der Waals surface area contributed by atoms with Crippen LogP contribution in [0.15, 0.2) is 11.4 Å². The van der Waals surface area contributed by atoms with Gasteiger partial charge in [0.05, 0.1) is 5.69 Å². The zero-order valence-electron chi connectivity index (χ0n) is 9.48. The Labute approximate surface area is 98.3 Å². The van der Waals surface area contributed by atoms with Crippen molar-refractivity contribution in [2.45, 2.75) is 20.8 Å². The summed E-state index contributed by atoms with van der Waals surface area (Å²) in [6, 6.07) is 1.61. The van der Waals surface area contributed by atoms with Crippen molar-refractivity contribution >= 4 is 28.9 Å². The molecule has 0 aliphatic rings. The van der Waals surface area contributed by atoms with Crippen molar-refractivity contribution < 1.29 is 14.7 Å². The summed E-state index contributed by atoms with van der Waals surface area (Å²) < 4.78 is 0. The second-order valence-corrected chi connectivity index (χ2v) is 4.91. The topological polar surface area (TPSA) is 66.4 Å². The molecule has 2 N–H and O–H groups in total. The summed E-state index contributed by atoms with van der Waals surface area (Å²) >= 11 is 1.11. The first kappa shape index (κ1) is 12.7. The highest BCUT2D eigenvalue weighted by Crippen LogP contribution is 2.23. The lowest BCUT2D eigenvalue weighted by Gasteiger charge is -2.14. The van der Waals surface area contributed by atoms with Crippen molar-refractivity contribution in [1.82, 2.24) is 0 Å². The molecular weight excluding hydrogens is 226 g/mol. The third-order valence-electron chi connectivity index (χ3n) is 2.53. The third kappa shape index (κ3) is 2.82. The summed E-state index contributed by atoms with van der Waals surface area (Å²) in [7, 11) is 0. The predicted octanol–water partition coefficient (Wildman–Crippen LogP) is 2.68. The number of hydrogen-bond acceptors (Lipinski definition) is 3. The highest BCUT2D eigenvalue weighted by atomic mass is 32.1. The molecule has 1 atom stereocenters. The maximum Gasteiger partial charge on any atom is 0.348 e. The van der Waals surface area contributed by atoms with E-state index in [4.69, 9.17) is 5.11 Å². The number of carboxylic acid groups (broad SMARTS) is 1. The number of aromatic carboxylic acids is 1. The zero-order valence-corrected chi connectivity index (χ0v) is 10.3. The lowest BCUT2D eigenvalue weighted by molar-refractivity contribution is -0.120. The highest BCUT2D eigenvalue weighted by Gasteiger charge is 2.19. The fourth-order valence-electron chi connectivity index (χ4n) is 1.12. The number of rotatable bonds is 4. The van der Waals surface area contributed by atoms with Crippen LogP contribution in [0.2, 0.25) is 0 Å². The summed E-state index contributed by atoms with van der Waals surface area (Å²) in [6.07, 6.45) is 0. The zero-order chi connectivity index (χ0) is 12.3. The predicted molar refractivity (Wildman–Crippen MR) is 63.9 cm³/mol. The molecule has 1 heterocycles. The van der Waals surface area contributed by atoms with Crippen LogP contribution < -0.4 is 5.32 Å². The molecule has 4 nitrogen and oxygen atoms in total. The molecule has 0 aromatic carbocycles. The van der Waals surface area contributed by atoms with E-state index in [1.54, 1.807) is 11.4 Å². The quantitative estimate of drug-likeness (QED) is 0.851. The van der Waals surface area contributed by atoms with Crippen LogP contribution >= 0.6 is 11.3 Å². The van der Waals surface area contributed by atoms with E-state index in [0.29, 0.717) is 5.69 Å². The van der Waals surface area contributed by atoms with Gasteiger partial charge in [-0.3, -0.25) is 4.79 Å². The normalized spacial score (nSPS) is 12.5. The van der Waals surface area contributed by atoms with Crippen LogP contribution in [-0.2, 0) is 4.79 Å². The van der Waals surface area contributed by atoms with Gasteiger partial charge in [-0.1, -0.05) is 20.8 Å². The number of carboxylic acids is 1. The Kier molecular flexibility index (Phi) is 4.06. The second kappa shape index (κ2) is 5.12. The summed E-state index contributed by atoms with van der Waals surface area (Å²) in [5.41, 5.74) is 0.384. The summed E-state index contributed by atoms with van der Waals surface area (Å²) in [5, 5.41) is 13.2. The van der Waals surface area contributed by atoms with Gasteiger partial charge in [0.1, 0.15) is 4.88 Å². The van der Waals surface area contributed by atoms with Gasteiger partial charge >= 0.3 is 5.97 Å². The maximum atomic E-state index is 11.7. The van der Waals surface area contributed by atoms with Gasteiger partial charge in [-0.15, -0.1) is 11.3 Å². The van der Waals surface area contributed by atoms with E-state index >= 15 is 0 Å². The van der Waals surface area contributed by atoms with Crippen molar-refractivity contribution in [3.63, 3.8) is 0 Å². The number of anilines is 1. The van der Waals surface area contributed by atoms with E-state index < -0.39 is 5.97 Å². The largest absolute Gasteiger partial charge is 0.477 e. The minimum Gasteiger partial charge on any atom is -0.477 e. The number of carbonyl (C=O) groups is 2. The number of thiophene rings is 1. The molecule has 0 saturated carbocycles. The maximum absolute atomic E-state index is 11.7. The molecule has 88 valence electrons. The molecule has 0 saturated heterocycles. The Balaban J connectivity index is 2.77. The van der Waals surface area contributed by atoms with Gasteiger partial charge in [-0.25, -0.2) is 4.79 Å². The van der Waals surface area contributed by atoms with Crippen LogP contribution in [0.4, 0.5) is 5.69 Å². The van der Waals surface area contributed by atoms with Crippen molar-refractivity contribution in [2.75, 3.05) is 5.32 Å². The molecule has 0 radical (unpaired) electrons. The first-order valence-corrected chi connectivity index (χ1v) is 5.93. The number of carbonyl (C=O) groups excluding carboxylic acids is 1. The van der Waals surface area contributed by atoms with Gasteiger partial charge in [0, 0.05) is 5.92 Å². The van der Waals surface area contributed by atoms with Crippen LogP contribution in [0.3, 0.4) is 0 Å². The van der Waals surface area contributed by atoms with E-state index in [9.17, 15) is 9.59 Å². The number of nitrogens with one attached hydrogen (secondary N) is 1. The van der Waals surface area contributed by atoms with E-state index in [0.717, 1.165) is 11.3 Å². The lowest BCUT2D eigenvalue weighted by Crippen LogP contribution is -2.24. The van der Waals surface area contributed by atoms with Crippen LogP contribution in [0.25, 0.3) is 0 Å². The molecule has 1 unspecified atom stereocenters. The summed E-state index contributed by atoms with van der Waals surface area (Å²) in [4.78, 5) is 22.7. The first-order valence-electron chi connectivity index (χ1n) is 5.05. The Bertz CT molecular complexity index is 398. The SMILES string of the molecule is CC(C)C(C)C(=O)Nc1ccsc1C(=O)O. The monoisotopic (exact) mass is 241 g/mol. The average Bonchev–Trinajstić information content (AvgIpc) is 2.64. The minimum atomic E-state index is -1.01. The molecule has 16 heavy (non-hydrogen) atoms. The second-order valence-electron chi connectivity index (χ2n) is 3.99. The van der Waals surface area contributed by atoms with Gasteiger partial charge in [-0.05, 0) is 17.4 Å². The number of hydrogen-bond donors (Lipinski definition) is 2. The highest BCUT2D eigenvalue weighted by molar-refractivity contribution is 7.12. The first-order chi connectivity index (χ1) is 7.43. The molecule has 0 bridgehead atoms. The Morgan fingerprint density at radius 2 is 2.00 bits per heavy atom. The fraction of sp³-hybridized carbons (Fsp3) is 0.455. The molecule has 1 rings (SSSR count). The molecular formula is C11H15NO3S. The van der Waals surface area contributed by atoms with Crippen LogP contribution in [0, 0.1) is 11.8 Å². The smallest absolute Gasteiger partial charge is 0.348 e. The molecule has 5 heteroatoms. The summed E-state index contributed by atoms with van der Waals surface area (Å²) in [6.45, 7) is 5.73. The van der Waals surface area contributed by atoms with E-state index in [1.807, 2.05) is 20.8 Å². The Hall–Kier alpha value is -1.36. The van der Waals surface area contributed by atoms with Gasteiger partial charge in [0.25, 0.3) is 0 Å². The van der Waals surface area contributed by atoms with Crippen LogP contribution in [0.5, 0.6) is 0 Å². The van der Waals surface area contributed by atoms with Crippen molar-refractivity contribution in [2.24, 2.45) is 11.8 Å². The standard InChI is InChI=1S/C11H15NO3S/c1-6(2)7(3)10(13)12-8-4-5-16-9(8)11(14)15/h4-7H,1-3H3,(H,12,13)(H,14,15). The third-order valence-corrected chi connectivity index (χ3v) is 3.43. The van der Waals surface area contributed by atoms with E-state index in [2.05, 4.69) is 5.32 Å². The lowest BCUT2D eigenvalue weighted by atomic mass is 9.97. The minimum absolute atomic E-state index is 0.137. The molecule has 1 aromatic heterocycles. The van der Waals surface area contributed by atoms with Crippen molar-refractivity contribution in [3.8, 4) is 0 Å². The van der Waals surface area contributed by atoms with Gasteiger partial charge in [-0.2, -0.15) is 0 Å². The van der Waals surface area contributed by atoms with E-state index in [-0.39, 0.29) is 22.6 Å². The molecule has 0 spiro atoms. The summed E-state index contributed by atoms with van der Waals surface area (Å²) in [5.74, 6) is -1.06. The van der Waals surface area contributed by atoms with Crippen molar-refractivity contribution in [1.29, 1.82) is 0 Å². The van der Waals surface area contributed by atoms with Crippen LogP contribution in [0.1, 0.15) is 30.4 Å².